The number of benzene rings is 2. The molecule has 1 amide bonds. The smallest absolute Gasteiger partial charge is 0.275 e. The monoisotopic (exact) mass is 330 g/mol. The van der Waals surface area contributed by atoms with E-state index in [1.54, 1.807) is 7.11 Å². The molecule has 20 heavy (non-hydrogen) atoms. The lowest BCUT2D eigenvalue weighted by Crippen LogP contribution is -2.13. The summed E-state index contributed by atoms with van der Waals surface area (Å²) >= 11 is 3.41. The van der Waals surface area contributed by atoms with Gasteiger partial charge in [0.1, 0.15) is 17.1 Å². The van der Waals surface area contributed by atoms with E-state index in [4.69, 9.17) is 4.74 Å². The highest BCUT2D eigenvalue weighted by Crippen LogP contribution is 2.31. The Morgan fingerprint density at radius 2 is 2.00 bits per heavy atom. The molecule has 0 atom stereocenters. The van der Waals surface area contributed by atoms with Gasteiger partial charge in [0.05, 0.1) is 12.8 Å². The molecule has 0 aromatic heterocycles. The number of nitrogens with one attached hydrogen (secondary N) is 1. The molecule has 4 nitrogen and oxygen atoms in total. The van der Waals surface area contributed by atoms with Crippen molar-refractivity contribution in [3.63, 3.8) is 0 Å². The van der Waals surface area contributed by atoms with E-state index in [-0.39, 0.29) is 5.91 Å². The van der Waals surface area contributed by atoms with E-state index >= 15 is 0 Å². The van der Waals surface area contributed by atoms with Crippen LogP contribution in [0.15, 0.2) is 51.9 Å². The van der Waals surface area contributed by atoms with Crippen molar-refractivity contribution in [2.75, 3.05) is 12.4 Å². The Morgan fingerprint density at radius 3 is 2.80 bits per heavy atom. The number of hydrogen-bond acceptors (Lipinski definition) is 3. The van der Waals surface area contributed by atoms with Crippen molar-refractivity contribution in [2.45, 2.75) is 0 Å². The third-order valence-corrected chi connectivity index (χ3v) is 3.51. The van der Waals surface area contributed by atoms with Gasteiger partial charge in [-0.25, -0.2) is 4.99 Å². The van der Waals surface area contributed by atoms with Crippen LogP contribution in [0, 0.1) is 0 Å². The van der Waals surface area contributed by atoms with Crippen molar-refractivity contribution in [2.24, 2.45) is 4.99 Å². The van der Waals surface area contributed by atoms with Gasteiger partial charge in [0.15, 0.2) is 0 Å². The fourth-order valence-electron chi connectivity index (χ4n) is 2.08. The number of carbonyl (C=O) groups is 1. The summed E-state index contributed by atoms with van der Waals surface area (Å²) in [5.74, 6) is 0.431. The van der Waals surface area contributed by atoms with Crippen LogP contribution in [0.5, 0.6) is 5.75 Å². The van der Waals surface area contributed by atoms with Gasteiger partial charge >= 0.3 is 0 Å². The number of halogens is 1. The number of ether oxygens (including phenoxy) is 1. The molecule has 1 N–H and O–H groups in total. The second kappa shape index (κ2) is 5.09. The molecule has 0 saturated carbocycles. The van der Waals surface area contributed by atoms with Crippen molar-refractivity contribution in [1.29, 1.82) is 0 Å². The minimum atomic E-state index is -0.205. The largest absolute Gasteiger partial charge is 0.494 e. The number of rotatable bonds is 2. The van der Waals surface area contributed by atoms with Crippen LogP contribution in [-0.2, 0) is 4.79 Å². The lowest BCUT2D eigenvalue weighted by molar-refractivity contribution is -0.110. The molecule has 100 valence electrons. The maximum absolute atomic E-state index is 12.0. The first kappa shape index (κ1) is 12.9. The fraction of sp³-hybridized carbons (Fsp3) is 0.0667. The number of hydrogen-bond donors (Lipinski definition) is 1. The van der Waals surface area contributed by atoms with E-state index in [1.807, 2.05) is 42.5 Å². The number of amides is 1. The van der Waals surface area contributed by atoms with E-state index in [1.165, 1.54) is 0 Å². The number of anilines is 1. The highest BCUT2D eigenvalue weighted by molar-refractivity contribution is 9.10. The summed E-state index contributed by atoms with van der Waals surface area (Å²) in [6, 6.07) is 13.0. The fourth-order valence-corrected chi connectivity index (χ4v) is 2.44. The molecule has 5 heteroatoms. The summed E-state index contributed by atoms with van der Waals surface area (Å²) in [6.45, 7) is 0. The van der Waals surface area contributed by atoms with Crippen LogP contribution in [0.25, 0.3) is 0 Å². The van der Waals surface area contributed by atoms with Crippen LogP contribution >= 0.6 is 15.9 Å². The van der Waals surface area contributed by atoms with Gasteiger partial charge in [-0.05, 0) is 30.3 Å². The second-order valence-corrected chi connectivity index (χ2v) is 5.19. The van der Waals surface area contributed by atoms with E-state index in [0.29, 0.717) is 17.1 Å². The first-order valence-corrected chi connectivity index (χ1v) is 6.81. The minimum absolute atomic E-state index is 0.205. The Kier molecular flexibility index (Phi) is 3.28. The predicted octanol–water partition coefficient (Wildman–Crippen LogP) is 3.53. The average Bonchev–Trinajstić information content (AvgIpc) is 2.76. The van der Waals surface area contributed by atoms with Crippen molar-refractivity contribution in [3.05, 3.63) is 52.5 Å². The van der Waals surface area contributed by atoms with Gasteiger partial charge in [-0.2, -0.15) is 0 Å². The average molecular weight is 331 g/mol. The van der Waals surface area contributed by atoms with Crippen LogP contribution in [-0.4, -0.2) is 18.7 Å². The summed E-state index contributed by atoms with van der Waals surface area (Å²) in [4.78, 5) is 16.5. The second-order valence-electron chi connectivity index (χ2n) is 4.28. The minimum Gasteiger partial charge on any atom is -0.494 e. The van der Waals surface area contributed by atoms with Gasteiger partial charge in [-0.3, -0.25) is 4.79 Å². The van der Waals surface area contributed by atoms with E-state index in [0.717, 1.165) is 15.7 Å². The molecule has 0 fully saturated rings. The molecule has 1 aliphatic heterocycles. The SMILES string of the molecule is COc1ccccc1N=C1C(=O)Nc2ccc(Br)cc21. The molecule has 2 aromatic rings. The van der Waals surface area contributed by atoms with Crippen LogP contribution in [0.1, 0.15) is 5.56 Å². The van der Waals surface area contributed by atoms with Crippen molar-refractivity contribution in [1.82, 2.24) is 0 Å². The Morgan fingerprint density at radius 1 is 1.20 bits per heavy atom. The number of carbonyl (C=O) groups excluding carboxylic acids is 1. The molecule has 3 rings (SSSR count). The molecular formula is C15H11BrN2O2. The van der Waals surface area contributed by atoms with Gasteiger partial charge in [-0.15, -0.1) is 0 Å². The van der Waals surface area contributed by atoms with E-state index in [2.05, 4.69) is 26.2 Å². The molecule has 0 aliphatic carbocycles. The zero-order valence-electron chi connectivity index (χ0n) is 10.7. The first-order chi connectivity index (χ1) is 9.69. The Hall–Kier alpha value is -2.14. The standard InChI is InChI=1S/C15H11BrN2O2/c1-20-13-5-3-2-4-12(13)17-14-10-8-9(16)6-7-11(10)18-15(14)19/h2-8H,1H3,(H,17,18,19). The molecule has 0 radical (unpaired) electrons. The highest BCUT2D eigenvalue weighted by Gasteiger charge is 2.26. The van der Waals surface area contributed by atoms with Crippen LogP contribution in [0.3, 0.4) is 0 Å². The molecule has 0 saturated heterocycles. The summed E-state index contributed by atoms with van der Waals surface area (Å²) < 4.78 is 6.16. The molecule has 0 bridgehead atoms. The number of aliphatic imine (C=N–C) groups is 1. The topological polar surface area (TPSA) is 50.7 Å². The van der Waals surface area contributed by atoms with E-state index < -0.39 is 0 Å². The molecular weight excluding hydrogens is 320 g/mol. The predicted molar refractivity (Wildman–Crippen MR) is 82.0 cm³/mol. The Balaban J connectivity index is 2.13. The number of methoxy groups -OCH3 is 1. The Bertz CT molecular complexity index is 726. The van der Waals surface area contributed by atoms with Gasteiger partial charge in [0.2, 0.25) is 0 Å². The van der Waals surface area contributed by atoms with Crippen LogP contribution < -0.4 is 10.1 Å². The summed E-state index contributed by atoms with van der Waals surface area (Å²) in [5.41, 5.74) is 2.58. The van der Waals surface area contributed by atoms with Crippen molar-refractivity contribution < 1.29 is 9.53 Å². The van der Waals surface area contributed by atoms with E-state index in [9.17, 15) is 4.79 Å². The summed E-state index contributed by atoms with van der Waals surface area (Å²) in [6.07, 6.45) is 0. The quantitative estimate of drug-likeness (QED) is 0.915. The zero-order valence-corrected chi connectivity index (χ0v) is 12.3. The lowest BCUT2D eigenvalue weighted by atomic mass is 10.1. The molecule has 1 heterocycles. The number of fused-ring (bicyclic) bond motifs is 1. The maximum Gasteiger partial charge on any atom is 0.275 e. The van der Waals surface area contributed by atoms with Gasteiger partial charge < -0.3 is 10.1 Å². The summed E-state index contributed by atoms with van der Waals surface area (Å²) in [5, 5.41) is 2.80. The number of nitrogens with zero attached hydrogens (tertiary/aromatic N) is 1. The highest BCUT2D eigenvalue weighted by atomic mass is 79.9. The first-order valence-electron chi connectivity index (χ1n) is 6.02. The molecule has 0 spiro atoms. The van der Waals surface area contributed by atoms with Gasteiger partial charge in [0.25, 0.3) is 5.91 Å². The third kappa shape index (κ3) is 2.20. The maximum atomic E-state index is 12.0. The van der Waals surface area contributed by atoms with Crippen LogP contribution in [0.4, 0.5) is 11.4 Å². The van der Waals surface area contributed by atoms with Gasteiger partial charge in [0, 0.05) is 10.0 Å². The zero-order chi connectivity index (χ0) is 14.1. The Labute approximate surface area is 124 Å². The number of para-hydroxylation sites is 2. The lowest BCUT2D eigenvalue weighted by Gasteiger charge is -2.04. The van der Waals surface area contributed by atoms with Gasteiger partial charge in [-0.1, -0.05) is 28.1 Å². The molecule has 2 aromatic carbocycles. The van der Waals surface area contributed by atoms with Crippen molar-refractivity contribution >= 4 is 38.9 Å². The van der Waals surface area contributed by atoms with Crippen LogP contribution in [0.2, 0.25) is 0 Å². The normalized spacial score (nSPS) is 15.1. The van der Waals surface area contributed by atoms with Crippen molar-refractivity contribution in [3.8, 4) is 5.75 Å². The molecule has 1 aliphatic rings. The molecule has 0 unspecified atom stereocenters. The third-order valence-electron chi connectivity index (χ3n) is 3.02. The summed E-state index contributed by atoms with van der Waals surface area (Å²) in [7, 11) is 1.58.